The number of rotatable bonds is 2. The van der Waals surface area contributed by atoms with Crippen LogP contribution in [0.5, 0.6) is 0 Å². The molecule has 1 atom stereocenters. The number of nitriles is 1. The van der Waals surface area contributed by atoms with Crippen molar-refractivity contribution >= 4 is 39.7 Å². The largest absolute Gasteiger partial charge is 0.346 e. The Labute approximate surface area is 158 Å². The van der Waals surface area contributed by atoms with Crippen LogP contribution in [0.1, 0.15) is 41.9 Å². The van der Waals surface area contributed by atoms with Gasteiger partial charge in [0, 0.05) is 11.6 Å². The number of halogens is 1. The zero-order chi connectivity index (χ0) is 16.9. The third-order valence-corrected chi connectivity index (χ3v) is 6.94. The molecule has 0 radical (unpaired) electrons. The predicted molar refractivity (Wildman–Crippen MR) is 103 cm³/mol. The van der Waals surface area contributed by atoms with Gasteiger partial charge in [-0.2, -0.15) is 5.26 Å². The molecule has 4 nitrogen and oxygen atoms in total. The van der Waals surface area contributed by atoms with E-state index in [9.17, 15) is 10.1 Å². The summed E-state index contributed by atoms with van der Waals surface area (Å²) in [6.07, 6.45) is 2.33. The molecule has 25 heavy (non-hydrogen) atoms. The number of nitrogens with one attached hydrogen (secondary N) is 1. The Morgan fingerprint density at radius 2 is 2.08 bits per heavy atom. The molecule has 132 valence electrons. The van der Waals surface area contributed by atoms with Crippen molar-refractivity contribution in [2.75, 3.05) is 13.1 Å². The van der Waals surface area contributed by atoms with E-state index in [-0.39, 0.29) is 29.9 Å². The Kier molecular flexibility index (Phi) is 4.80. The lowest BCUT2D eigenvalue weighted by atomic mass is 9.72. The van der Waals surface area contributed by atoms with E-state index in [0.29, 0.717) is 16.4 Å². The molecule has 0 aliphatic carbocycles. The van der Waals surface area contributed by atoms with Crippen LogP contribution < -0.4 is 5.32 Å². The van der Waals surface area contributed by atoms with Crippen molar-refractivity contribution in [3.05, 3.63) is 34.7 Å². The maximum absolute atomic E-state index is 12.8. The van der Waals surface area contributed by atoms with Gasteiger partial charge in [0.1, 0.15) is 6.07 Å². The SMILES string of the molecule is CC1(C)[C@H](NC(=O)c2cc3cccc(C#N)c3s2)C2CCN1CC2.Cl. The molecule has 0 spiro atoms. The van der Waals surface area contributed by atoms with Crippen molar-refractivity contribution in [1.82, 2.24) is 10.2 Å². The van der Waals surface area contributed by atoms with Crippen LogP contribution in [-0.2, 0) is 0 Å². The molecule has 0 saturated carbocycles. The summed E-state index contributed by atoms with van der Waals surface area (Å²) in [6.45, 7) is 6.75. The molecule has 1 aromatic heterocycles. The molecule has 1 N–H and O–H groups in total. The Morgan fingerprint density at radius 3 is 2.72 bits per heavy atom. The van der Waals surface area contributed by atoms with Gasteiger partial charge in [0.2, 0.25) is 0 Å². The van der Waals surface area contributed by atoms with E-state index in [1.54, 1.807) is 6.07 Å². The Hall–Kier alpha value is -1.61. The molecular weight excluding hydrogens is 354 g/mol. The summed E-state index contributed by atoms with van der Waals surface area (Å²) in [6, 6.07) is 9.94. The first kappa shape index (κ1) is 18.2. The molecule has 3 aliphatic heterocycles. The van der Waals surface area contributed by atoms with Gasteiger partial charge in [-0.15, -0.1) is 23.7 Å². The second kappa shape index (κ2) is 6.60. The molecule has 1 aromatic carbocycles. The molecule has 6 heteroatoms. The summed E-state index contributed by atoms with van der Waals surface area (Å²) in [5, 5.41) is 13.5. The number of carbonyl (C=O) groups excluding carboxylic acids is 1. The average Bonchev–Trinajstić information content (AvgIpc) is 3.02. The van der Waals surface area contributed by atoms with Crippen LogP contribution in [0.15, 0.2) is 24.3 Å². The van der Waals surface area contributed by atoms with Crippen LogP contribution in [-0.4, -0.2) is 35.5 Å². The Balaban J connectivity index is 0.00000182. The molecular formula is C19H22ClN3OS. The zero-order valence-electron chi connectivity index (χ0n) is 14.4. The minimum Gasteiger partial charge on any atom is -0.346 e. The molecule has 2 bridgehead atoms. The van der Waals surface area contributed by atoms with Crippen LogP contribution >= 0.6 is 23.7 Å². The maximum Gasteiger partial charge on any atom is 0.261 e. The number of hydrogen-bond donors (Lipinski definition) is 1. The molecule has 1 amide bonds. The molecule has 4 heterocycles. The van der Waals surface area contributed by atoms with Gasteiger partial charge in [-0.1, -0.05) is 12.1 Å². The van der Waals surface area contributed by atoms with Gasteiger partial charge in [-0.3, -0.25) is 9.69 Å². The lowest BCUT2D eigenvalue weighted by Crippen LogP contribution is -2.69. The average molecular weight is 376 g/mol. The van der Waals surface area contributed by atoms with Gasteiger partial charge in [0.05, 0.1) is 15.1 Å². The number of benzene rings is 1. The third kappa shape index (κ3) is 2.93. The first-order valence-electron chi connectivity index (χ1n) is 8.49. The molecule has 2 aromatic rings. The second-order valence-corrected chi connectivity index (χ2v) is 8.43. The Morgan fingerprint density at radius 1 is 1.36 bits per heavy atom. The topological polar surface area (TPSA) is 56.1 Å². The Bertz CT molecular complexity index is 846. The highest BCUT2D eigenvalue weighted by Gasteiger charge is 2.48. The van der Waals surface area contributed by atoms with Gasteiger partial charge < -0.3 is 5.32 Å². The number of amides is 1. The summed E-state index contributed by atoms with van der Waals surface area (Å²) in [7, 11) is 0. The fourth-order valence-corrected chi connectivity index (χ4v) is 5.38. The highest BCUT2D eigenvalue weighted by Crippen LogP contribution is 2.39. The zero-order valence-corrected chi connectivity index (χ0v) is 16.0. The van der Waals surface area contributed by atoms with Crippen molar-refractivity contribution in [2.45, 2.75) is 38.3 Å². The van der Waals surface area contributed by atoms with Gasteiger partial charge in [0.15, 0.2) is 0 Å². The summed E-state index contributed by atoms with van der Waals surface area (Å²) in [5.41, 5.74) is 0.644. The van der Waals surface area contributed by atoms with Gasteiger partial charge >= 0.3 is 0 Å². The van der Waals surface area contributed by atoms with Crippen LogP contribution in [0.25, 0.3) is 10.1 Å². The van der Waals surface area contributed by atoms with E-state index >= 15 is 0 Å². The quantitative estimate of drug-likeness (QED) is 0.868. The highest BCUT2D eigenvalue weighted by molar-refractivity contribution is 7.21. The van der Waals surface area contributed by atoms with Gasteiger partial charge in [0.25, 0.3) is 5.91 Å². The van der Waals surface area contributed by atoms with Crippen LogP contribution in [0, 0.1) is 17.2 Å². The first-order chi connectivity index (χ1) is 11.5. The van der Waals surface area contributed by atoms with E-state index in [2.05, 4.69) is 30.1 Å². The van der Waals surface area contributed by atoms with Crippen molar-refractivity contribution in [3.8, 4) is 6.07 Å². The number of nitrogens with zero attached hydrogens (tertiary/aromatic N) is 2. The molecule has 3 fully saturated rings. The molecule has 3 saturated heterocycles. The fourth-order valence-electron chi connectivity index (χ4n) is 4.35. The van der Waals surface area contributed by atoms with Crippen LogP contribution in [0.2, 0.25) is 0 Å². The van der Waals surface area contributed by atoms with E-state index in [4.69, 9.17) is 0 Å². The van der Waals surface area contributed by atoms with Crippen molar-refractivity contribution in [3.63, 3.8) is 0 Å². The normalized spacial score (nSPS) is 26.7. The third-order valence-electron chi connectivity index (χ3n) is 5.76. The number of thiophene rings is 1. The minimum atomic E-state index is -0.00749. The van der Waals surface area contributed by atoms with Crippen LogP contribution in [0.3, 0.4) is 0 Å². The molecule has 5 rings (SSSR count). The summed E-state index contributed by atoms with van der Waals surface area (Å²) in [4.78, 5) is 16.0. The van der Waals surface area contributed by atoms with Crippen molar-refractivity contribution < 1.29 is 4.79 Å². The summed E-state index contributed by atoms with van der Waals surface area (Å²) >= 11 is 1.42. The maximum atomic E-state index is 12.8. The van der Waals surface area contributed by atoms with Gasteiger partial charge in [-0.25, -0.2) is 0 Å². The monoisotopic (exact) mass is 375 g/mol. The number of carbonyl (C=O) groups is 1. The van der Waals surface area contributed by atoms with E-state index < -0.39 is 0 Å². The van der Waals surface area contributed by atoms with Crippen molar-refractivity contribution in [1.29, 1.82) is 5.26 Å². The smallest absolute Gasteiger partial charge is 0.261 e. The van der Waals surface area contributed by atoms with E-state index in [0.717, 1.165) is 23.2 Å². The fraction of sp³-hybridized carbons (Fsp3) is 0.474. The number of fused-ring (bicyclic) bond motifs is 4. The van der Waals surface area contributed by atoms with E-state index in [1.165, 1.54) is 24.2 Å². The van der Waals surface area contributed by atoms with Gasteiger partial charge in [-0.05, 0) is 63.2 Å². The summed E-state index contributed by atoms with van der Waals surface area (Å²) < 4.78 is 0.901. The second-order valence-electron chi connectivity index (χ2n) is 7.38. The standard InChI is InChI=1S/C19H21N3OS.ClH/c1-19(2)17(12-6-8-22(19)9-7-12)21-18(23)15-10-13-4-3-5-14(11-20)16(13)24-15;/h3-5,10,12,17H,6-9H2,1-2H3,(H,21,23);1H/t17-;/m1./s1. The lowest BCUT2D eigenvalue weighted by molar-refractivity contribution is -0.0377. The minimum absolute atomic E-state index is 0. The lowest BCUT2D eigenvalue weighted by Gasteiger charge is -2.56. The van der Waals surface area contributed by atoms with E-state index in [1.807, 2.05) is 18.2 Å². The number of hydrogen-bond acceptors (Lipinski definition) is 4. The highest BCUT2D eigenvalue weighted by atomic mass is 35.5. The molecule has 0 unspecified atom stereocenters. The summed E-state index contributed by atoms with van der Waals surface area (Å²) in [5.74, 6) is 0.560. The predicted octanol–water partition coefficient (Wildman–Crippen LogP) is 3.80. The van der Waals surface area contributed by atoms with Crippen molar-refractivity contribution in [2.24, 2.45) is 5.92 Å². The molecule has 3 aliphatic rings. The van der Waals surface area contributed by atoms with Crippen LogP contribution in [0.4, 0.5) is 0 Å². The first-order valence-corrected chi connectivity index (χ1v) is 9.31. The number of piperidine rings is 3.